The van der Waals surface area contributed by atoms with Crippen LogP contribution in [0.4, 0.5) is 0 Å². The molecule has 0 amide bonds. The Kier molecular flexibility index (Phi) is 2.67. The van der Waals surface area contributed by atoms with Crippen LogP contribution in [0.5, 0.6) is 0 Å². The minimum atomic E-state index is -0.344. The van der Waals surface area contributed by atoms with Gasteiger partial charge in [-0.1, -0.05) is 50.6 Å². The van der Waals surface area contributed by atoms with E-state index in [0.29, 0.717) is 0 Å². The Morgan fingerprint density at radius 2 is 2.00 bits per heavy atom. The zero-order valence-electron chi connectivity index (χ0n) is 9.80. The number of allylic oxidation sites excluding steroid dienone is 1. The van der Waals surface area contributed by atoms with E-state index in [-0.39, 0.29) is 11.2 Å². The molecule has 0 spiro atoms. The van der Waals surface area contributed by atoms with Gasteiger partial charge >= 0.3 is 0 Å². The van der Waals surface area contributed by atoms with Gasteiger partial charge in [0.2, 0.25) is 0 Å². The summed E-state index contributed by atoms with van der Waals surface area (Å²) in [6.07, 6.45) is 2.86. The molecule has 1 aromatic carbocycles. The monoisotopic (exact) mass is 234 g/mol. The number of carbonyl (C=O) groups excluding carboxylic acids is 1. The van der Waals surface area contributed by atoms with Gasteiger partial charge in [-0.2, -0.15) is 0 Å². The van der Waals surface area contributed by atoms with Crippen LogP contribution in [0.25, 0.3) is 5.03 Å². The van der Waals surface area contributed by atoms with E-state index in [0.717, 1.165) is 22.6 Å². The van der Waals surface area contributed by atoms with Crippen molar-refractivity contribution >= 4 is 22.4 Å². The first-order valence-electron chi connectivity index (χ1n) is 5.43. The molecule has 0 bridgehead atoms. The standard InChI is InChI=1S/C14H15ClO/c1-14(2,3)13(16)10-5-4-9-6-7-12(15)11(9)8-10/h4-5,7-8H,6H2,1-3H3. The van der Waals surface area contributed by atoms with E-state index in [1.54, 1.807) is 0 Å². The predicted octanol–water partition coefficient (Wildman–Crippen LogP) is 4.05. The Bertz CT molecular complexity index is 478. The fraction of sp³-hybridized carbons (Fsp3) is 0.357. The van der Waals surface area contributed by atoms with Crippen molar-refractivity contribution in [3.05, 3.63) is 41.0 Å². The molecule has 1 aromatic rings. The van der Waals surface area contributed by atoms with Crippen molar-refractivity contribution in [3.63, 3.8) is 0 Å². The highest BCUT2D eigenvalue weighted by atomic mass is 35.5. The van der Waals surface area contributed by atoms with E-state index >= 15 is 0 Å². The summed E-state index contributed by atoms with van der Waals surface area (Å²) in [5, 5.41) is 0.763. The second-order valence-electron chi connectivity index (χ2n) is 5.21. The summed E-state index contributed by atoms with van der Waals surface area (Å²) in [5.41, 5.74) is 2.62. The van der Waals surface area contributed by atoms with E-state index < -0.39 is 0 Å². The molecule has 84 valence electrons. The topological polar surface area (TPSA) is 17.1 Å². The van der Waals surface area contributed by atoms with Gasteiger partial charge in [0.25, 0.3) is 0 Å². The van der Waals surface area contributed by atoms with Crippen molar-refractivity contribution in [1.29, 1.82) is 0 Å². The van der Waals surface area contributed by atoms with Crippen LogP contribution in [0, 0.1) is 5.41 Å². The maximum absolute atomic E-state index is 12.1. The Morgan fingerprint density at radius 3 is 2.62 bits per heavy atom. The second-order valence-corrected chi connectivity index (χ2v) is 5.61. The third-order valence-electron chi connectivity index (χ3n) is 2.81. The molecule has 1 aliphatic rings. The molecule has 0 radical (unpaired) electrons. The van der Waals surface area contributed by atoms with Gasteiger partial charge in [0, 0.05) is 16.0 Å². The number of ketones is 1. The molecule has 0 aromatic heterocycles. The van der Waals surface area contributed by atoms with Crippen molar-refractivity contribution < 1.29 is 4.79 Å². The average Bonchev–Trinajstić information content (AvgIpc) is 2.58. The second kappa shape index (κ2) is 3.74. The van der Waals surface area contributed by atoms with Crippen molar-refractivity contribution in [3.8, 4) is 0 Å². The van der Waals surface area contributed by atoms with Gasteiger partial charge in [0.15, 0.2) is 5.78 Å². The van der Waals surface area contributed by atoms with Crippen molar-refractivity contribution in [2.75, 3.05) is 0 Å². The molecule has 0 fully saturated rings. The predicted molar refractivity (Wildman–Crippen MR) is 67.8 cm³/mol. The number of fused-ring (bicyclic) bond motifs is 1. The van der Waals surface area contributed by atoms with E-state index in [4.69, 9.17) is 11.6 Å². The summed E-state index contributed by atoms with van der Waals surface area (Å²) in [6.45, 7) is 5.79. The maximum atomic E-state index is 12.1. The molecule has 1 nitrogen and oxygen atoms in total. The van der Waals surface area contributed by atoms with E-state index in [2.05, 4.69) is 0 Å². The Labute approximate surface area is 101 Å². The van der Waals surface area contributed by atoms with Crippen LogP contribution in [0.3, 0.4) is 0 Å². The zero-order chi connectivity index (χ0) is 11.9. The van der Waals surface area contributed by atoms with Gasteiger partial charge in [-0.05, 0) is 23.6 Å². The lowest BCUT2D eigenvalue weighted by Crippen LogP contribution is -2.20. The van der Waals surface area contributed by atoms with Gasteiger partial charge in [-0.15, -0.1) is 0 Å². The summed E-state index contributed by atoms with van der Waals surface area (Å²) in [4.78, 5) is 12.1. The molecular weight excluding hydrogens is 220 g/mol. The molecule has 0 saturated heterocycles. The van der Waals surface area contributed by atoms with Gasteiger partial charge in [-0.3, -0.25) is 4.79 Å². The van der Waals surface area contributed by atoms with Gasteiger partial charge in [0.05, 0.1) is 0 Å². The Balaban J connectivity index is 2.43. The molecule has 0 aliphatic heterocycles. The SMILES string of the molecule is CC(C)(C)C(=O)c1ccc2c(c1)C(Cl)=CC2. The van der Waals surface area contributed by atoms with E-state index in [1.165, 1.54) is 5.56 Å². The van der Waals surface area contributed by atoms with Crippen LogP contribution >= 0.6 is 11.6 Å². The molecule has 0 heterocycles. The number of carbonyl (C=O) groups is 1. The lowest BCUT2D eigenvalue weighted by atomic mass is 9.86. The maximum Gasteiger partial charge on any atom is 0.168 e. The van der Waals surface area contributed by atoms with Crippen LogP contribution < -0.4 is 0 Å². The fourth-order valence-corrected chi connectivity index (χ4v) is 2.11. The quantitative estimate of drug-likeness (QED) is 0.670. The number of hydrogen-bond acceptors (Lipinski definition) is 1. The lowest BCUT2D eigenvalue weighted by Gasteiger charge is -2.17. The van der Waals surface area contributed by atoms with Crippen LogP contribution in [0.1, 0.15) is 42.3 Å². The normalized spacial score (nSPS) is 14.6. The zero-order valence-corrected chi connectivity index (χ0v) is 10.6. The first kappa shape index (κ1) is 11.4. The molecule has 2 heteroatoms. The highest BCUT2D eigenvalue weighted by Crippen LogP contribution is 2.32. The molecule has 0 N–H and O–H groups in total. The van der Waals surface area contributed by atoms with Crippen molar-refractivity contribution in [1.82, 2.24) is 0 Å². The Hall–Kier alpha value is -1.08. The van der Waals surface area contributed by atoms with Crippen LogP contribution in [-0.4, -0.2) is 5.78 Å². The largest absolute Gasteiger partial charge is 0.294 e. The third-order valence-corrected chi connectivity index (χ3v) is 3.17. The summed E-state index contributed by atoms with van der Waals surface area (Å²) in [7, 11) is 0. The van der Waals surface area contributed by atoms with Crippen LogP contribution in [0.2, 0.25) is 0 Å². The lowest BCUT2D eigenvalue weighted by molar-refractivity contribution is 0.0858. The molecule has 1 aliphatic carbocycles. The smallest absolute Gasteiger partial charge is 0.168 e. The summed E-state index contributed by atoms with van der Waals surface area (Å²) in [6, 6.07) is 5.81. The number of Topliss-reactive ketones (excluding diaryl/α,β-unsaturated/α-hetero) is 1. The first-order valence-corrected chi connectivity index (χ1v) is 5.81. The molecule has 16 heavy (non-hydrogen) atoms. The fourth-order valence-electron chi connectivity index (χ4n) is 1.86. The molecule has 0 atom stereocenters. The van der Waals surface area contributed by atoms with Gasteiger partial charge in [-0.25, -0.2) is 0 Å². The van der Waals surface area contributed by atoms with Crippen molar-refractivity contribution in [2.45, 2.75) is 27.2 Å². The Morgan fingerprint density at radius 1 is 1.31 bits per heavy atom. The number of hydrogen-bond donors (Lipinski definition) is 0. The summed E-state index contributed by atoms with van der Waals surface area (Å²) < 4.78 is 0. The van der Waals surface area contributed by atoms with E-state index in [9.17, 15) is 4.79 Å². The highest BCUT2D eigenvalue weighted by molar-refractivity contribution is 6.49. The number of halogens is 1. The molecule has 2 rings (SSSR count). The minimum Gasteiger partial charge on any atom is -0.294 e. The van der Waals surface area contributed by atoms with E-state index in [1.807, 2.05) is 45.0 Å². The molecule has 0 unspecified atom stereocenters. The van der Waals surface area contributed by atoms with Crippen LogP contribution in [-0.2, 0) is 6.42 Å². The average molecular weight is 235 g/mol. The number of benzene rings is 1. The molecule has 0 saturated carbocycles. The minimum absolute atomic E-state index is 0.159. The van der Waals surface area contributed by atoms with Gasteiger partial charge in [0.1, 0.15) is 0 Å². The number of rotatable bonds is 1. The summed E-state index contributed by atoms with van der Waals surface area (Å²) >= 11 is 6.08. The van der Waals surface area contributed by atoms with Gasteiger partial charge < -0.3 is 0 Å². The summed E-state index contributed by atoms with van der Waals surface area (Å²) in [5.74, 6) is 0.159. The first-order chi connectivity index (χ1) is 7.39. The third kappa shape index (κ3) is 1.92. The highest BCUT2D eigenvalue weighted by Gasteiger charge is 2.24. The van der Waals surface area contributed by atoms with Crippen molar-refractivity contribution in [2.24, 2.45) is 5.41 Å². The molecular formula is C14H15ClO. The van der Waals surface area contributed by atoms with Crippen LogP contribution in [0.15, 0.2) is 24.3 Å².